The molecule has 1 heterocycles. The van der Waals surface area contributed by atoms with Crippen LogP contribution in [0.3, 0.4) is 0 Å². The van der Waals surface area contributed by atoms with Crippen molar-refractivity contribution in [2.24, 2.45) is 5.41 Å². The van der Waals surface area contributed by atoms with Crippen LogP contribution in [0.5, 0.6) is 0 Å². The van der Waals surface area contributed by atoms with Crippen LogP contribution in [-0.4, -0.2) is 48.2 Å². The van der Waals surface area contributed by atoms with Crippen molar-refractivity contribution >= 4 is 5.91 Å². The minimum Gasteiger partial charge on any atom is -0.396 e. The predicted molar refractivity (Wildman–Crippen MR) is 68.8 cm³/mol. The molecular weight excluding hydrogens is 216 g/mol. The standard InChI is InChI=1S/C13H26N2O2/c1-4-13(3,10-16)9-14-11(2)12(17)15-7-5-6-8-15/h11,14,16H,4-10H2,1-3H3. The molecule has 1 aliphatic rings. The first-order valence-corrected chi connectivity index (χ1v) is 6.65. The second-order valence-corrected chi connectivity index (χ2v) is 5.46. The summed E-state index contributed by atoms with van der Waals surface area (Å²) in [4.78, 5) is 14.0. The average Bonchev–Trinajstić information content (AvgIpc) is 2.88. The highest BCUT2D eigenvalue weighted by Crippen LogP contribution is 2.19. The van der Waals surface area contributed by atoms with Crippen molar-refractivity contribution in [3.63, 3.8) is 0 Å². The first-order chi connectivity index (χ1) is 8.02. The molecule has 17 heavy (non-hydrogen) atoms. The maximum Gasteiger partial charge on any atom is 0.239 e. The van der Waals surface area contributed by atoms with Gasteiger partial charge in [0.1, 0.15) is 0 Å². The number of rotatable bonds is 6. The molecule has 0 aromatic carbocycles. The van der Waals surface area contributed by atoms with E-state index < -0.39 is 0 Å². The molecule has 1 fully saturated rings. The predicted octanol–water partition coefficient (Wildman–Crippen LogP) is 0.995. The number of carbonyl (C=O) groups is 1. The van der Waals surface area contributed by atoms with Gasteiger partial charge in [-0.25, -0.2) is 0 Å². The number of aliphatic hydroxyl groups excluding tert-OH is 1. The lowest BCUT2D eigenvalue weighted by Gasteiger charge is -2.29. The molecule has 0 aliphatic carbocycles. The SMILES string of the molecule is CCC(C)(CO)CNC(C)C(=O)N1CCCC1. The molecule has 2 N–H and O–H groups in total. The van der Waals surface area contributed by atoms with Crippen LogP contribution in [0.1, 0.15) is 40.0 Å². The van der Waals surface area contributed by atoms with Crippen molar-refractivity contribution in [3.8, 4) is 0 Å². The lowest BCUT2D eigenvalue weighted by molar-refractivity contribution is -0.132. The summed E-state index contributed by atoms with van der Waals surface area (Å²) in [6.45, 7) is 8.64. The Morgan fingerprint density at radius 3 is 2.53 bits per heavy atom. The van der Waals surface area contributed by atoms with Crippen LogP contribution in [0.2, 0.25) is 0 Å². The molecule has 4 nitrogen and oxygen atoms in total. The van der Waals surface area contributed by atoms with Gasteiger partial charge in [-0.05, 0) is 26.2 Å². The van der Waals surface area contributed by atoms with E-state index in [2.05, 4.69) is 12.2 Å². The number of hydrogen-bond acceptors (Lipinski definition) is 3. The summed E-state index contributed by atoms with van der Waals surface area (Å²) in [7, 11) is 0. The van der Waals surface area contributed by atoms with E-state index in [1.807, 2.05) is 18.7 Å². The van der Waals surface area contributed by atoms with Crippen LogP contribution in [0.25, 0.3) is 0 Å². The lowest BCUT2D eigenvalue weighted by Crippen LogP contribution is -2.47. The molecule has 1 amide bonds. The van der Waals surface area contributed by atoms with E-state index in [1.54, 1.807) is 0 Å². The first kappa shape index (κ1) is 14.5. The van der Waals surface area contributed by atoms with Gasteiger partial charge in [0, 0.05) is 31.7 Å². The first-order valence-electron chi connectivity index (χ1n) is 6.65. The van der Waals surface area contributed by atoms with Crippen molar-refractivity contribution in [1.29, 1.82) is 0 Å². The zero-order valence-corrected chi connectivity index (χ0v) is 11.3. The van der Waals surface area contributed by atoms with Crippen LogP contribution in [0, 0.1) is 5.41 Å². The summed E-state index contributed by atoms with van der Waals surface area (Å²) >= 11 is 0. The number of nitrogens with one attached hydrogen (secondary N) is 1. The van der Waals surface area contributed by atoms with Gasteiger partial charge in [0.2, 0.25) is 5.91 Å². The zero-order chi connectivity index (χ0) is 12.9. The Morgan fingerprint density at radius 1 is 1.47 bits per heavy atom. The summed E-state index contributed by atoms with van der Waals surface area (Å²) in [5.41, 5.74) is -0.125. The minimum atomic E-state index is -0.148. The monoisotopic (exact) mass is 242 g/mol. The molecule has 100 valence electrons. The molecule has 1 aliphatic heterocycles. The maximum atomic E-state index is 12.0. The fourth-order valence-corrected chi connectivity index (χ4v) is 1.99. The molecule has 0 aromatic heterocycles. The number of likely N-dealkylation sites (tertiary alicyclic amines) is 1. The third kappa shape index (κ3) is 3.96. The lowest BCUT2D eigenvalue weighted by atomic mass is 9.88. The van der Waals surface area contributed by atoms with E-state index >= 15 is 0 Å². The Kier molecular flexibility index (Phi) is 5.40. The third-order valence-corrected chi connectivity index (χ3v) is 3.86. The molecule has 0 radical (unpaired) electrons. The highest BCUT2D eigenvalue weighted by molar-refractivity contribution is 5.81. The topological polar surface area (TPSA) is 52.6 Å². The molecule has 0 spiro atoms. The van der Waals surface area contributed by atoms with E-state index in [-0.39, 0.29) is 24.0 Å². The molecule has 2 unspecified atom stereocenters. The number of hydrogen-bond donors (Lipinski definition) is 2. The Labute approximate surface area is 104 Å². The van der Waals surface area contributed by atoms with Crippen LogP contribution in [0.15, 0.2) is 0 Å². The summed E-state index contributed by atoms with van der Waals surface area (Å²) in [5, 5.41) is 12.6. The molecule has 4 heteroatoms. The number of carbonyl (C=O) groups excluding carboxylic acids is 1. The van der Waals surface area contributed by atoms with Crippen LogP contribution in [-0.2, 0) is 4.79 Å². The summed E-state index contributed by atoms with van der Waals surface area (Å²) in [6, 6.07) is -0.148. The highest BCUT2D eigenvalue weighted by atomic mass is 16.3. The number of aliphatic hydroxyl groups is 1. The molecule has 1 saturated heterocycles. The number of amides is 1. The van der Waals surface area contributed by atoms with E-state index in [0.29, 0.717) is 6.54 Å². The van der Waals surface area contributed by atoms with E-state index in [0.717, 1.165) is 32.4 Å². The molecule has 0 saturated carbocycles. The Hall–Kier alpha value is -0.610. The van der Waals surface area contributed by atoms with Gasteiger partial charge in [-0.15, -0.1) is 0 Å². The van der Waals surface area contributed by atoms with Gasteiger partial charge in [0.25, 0.3) is 0 Å². The third-order valence-electron chi connectivity index (χ3n) is 3.86. The Bertz CT molecular complexity index is 246. The largest absolute Gasteiger partial charge is 0.396 e. The summed E-state index contributed by atoms with van der Waals surface area (Å²) in [6.07, 6.45) is 3.16. The zero-order valence-electron chi connectivity index (χ0n) is 11.3. The van der Waals surface area contributed by atoms with Crippen molar-refractivity contribution < 1.29 is 9.90 Å². The summed E-state index contributed by atoms with van der Waals surface area (Å²) < 4.78 is 0. The van der Waals surface area contributed by atoms with E-state index in [9.17, 15) is 9.90 Å². The fourth-order valence-electron chi connectivity index (χ4n) is 1.99. The Balaban J connectivity index is 2.38. The van der Waals surface area contributed by atoms with Crippen LogP contribution in [0.4, 0.5) is 0 Å². The number of nitrogens with zero attached hydrogens (tertiary/aromatic N) is 1. The quantitative estimate of drug-likeness (QED) is 0.730. The molecule has 0 bridgehead atoms. The normalized spacial score (nSPS) is 21.3. The van der Waals surface area contributed by atoms with Crippen LogP contribution >= 0.6 is 0 Å². The second kappa shape index (κ2) is 6.36. The van der Waals surface area contributed by atoms with Gasteiger partial charge in [0.05, 0.1) is 6.04 Å². The van der Waals surface area contributed by atoms with Gasteiger partial charge in [-0.2, -0.15) is 0 Å². The highest BCUT2D eigenvalue weighted by Gasteiger charge is 2.26. The van der Waals surface area contributed by atoms with Gasteiger partial charge >= 0.3 is 0 Å². The minimum absolute atomic E-state index is 0.125. The fraction of sp³-hybridized carbons (Fsp3) is 0.923. The van der Waals surface area contributed by atoms with E-state index in [4.69, 9.17) is 0 Å². The van der Waals surface area contributed by atoms with Crippen molar-refractivity contribution in [2.45, 2.75) is 46.1 Å². The average molecular weight is 242 g/mol. The van der Waals surface area contributed by atoms with Gasteiger partial charge < -0.3 is 15.3 Å². The molecular formula is C13H26N2O2. The molecule has 2 atom stereocenters. The van der Waals surface area contributed by atoms with Gasteiger partial charge in [-0.1, -0.05) is 13.8 Å². The second-order valence-electron chi connectivity index (χ2n) is 5.46. The molecule has 0 aromatic rings. The Morgan fingerprint density at radius 2 is 2.06 bits per heavy atom. The van der Waals surface area contributed by atoms with Crippen molar-refractivity contribution in [2.75, 3.05) is 26.2 Å². The van der Waals surface area contributed by atoms with Gasteiger partial charge in [-0.3, -0.25) is 4.79 Å². The maximum absolute atomic E-state index is 12.0. The van der Waals surface area contributed by atoms with Crippen molar-refractivity contribution in [1.82, 2.24) is 10.2 Å². The summed E-state index contributed by atoms with van der Waals surface area (Å²) in [5.74, 6) is 0.193. The molecule has 1 rings (SSSR count). The smallest absolute Gasteiger partial charge is 0.239 e. The van der Waals surface area contributed by atoms with Crippen LogP contribution < -0.4 is 5.32 Å². The van der Waals surface area contributed by atoms with Crippen molar-refractivity contribution in [3.05, 3.63) is 0 Å². The van der Waals surface area contributed by atoms with E-state index in [1.165, 1.54) is 0 Å². The van der Waals surface area contributed by atoms with Gasteiger partial charge in [0.15, 0.2) is 0 Å².